The summed E-state index contributed by atoms with van der Waals surface area (Å²) in [6.45, 7) is 3.23. The summed E-state index contributed by atoms with van der Waals surface area (Å²) in [6.07, 6.45) is 1.11. The number of piperidine rings is 1. The van der Waals surface area contributed by atoms with Crippen LogP contribution < -0.4 is 15.2 Å². The fraction of sp³-hybridized carbons (Fsp3) is 0.250. The van der Waals surface area contributed by atoms with E-state index in [1.54, 1.807) is 11.8 Å². The highest BCUT2D eigenvalue weighted by molar-refractivity contribution is 5.82. The molecule has 4 aromatic rings. The van der Waals surface area contributed by atoms with Gasteiger partial charge < -0.3 is 14.6 Å². The minimum atomic E-state index is -0.268. The van der Waals surface area contributed by atoms with Gasteiger partial charge in [0.1, 0.15) is 22.9 Å². The highest BCUT2D eigenvalue weighted by Gasteiger charge is 2.20. The molecule has 8 nitrogen and oxygen atoms in total. The number of hydrogen-bond acceptors (Lipinski definition) is 6. The van der Waals surface area contributed by atoms with E-state index in [1.807, 2.05) is 55.5 Å². The summed E-state index contributed by atoms with van der Waals surface area (Å²) >= 11 is 0. The van der Waals surface area contributed by atoms with E-state index in [-0.39, 0.29) is 5.56 Å². The maximum Gasteiger partial charge on any atom is 0.277 e. The average Bonchev–Trinajstić information content (AvgIpc) is 3.16. The van der Waals surface area contributed by atoms with Crippen molar-refractivity contribution in [1.82, 2.24) is 19.7 Å². The number of rotatable bonds is 4. The molecule has 1 N–H and O–H groups in total. The molecular weight excluding hydrogens is 406 g/mol. The number of aryl methyl sites for hydroxylation is 1. The molecule has 0 saturated carbocycles. The minimum Gasteiger partial charge on any atom is -0.496 e. The number of anilines is 1. The normalized spacial score (nSPS) is 14.2. The number of fused-ring (bicyclic) bond motifs is 1. The first-order chi connectivity index (χ1) is 15.5. The Morgan fingerprint density at radius 2 is 1.75 bits per heavy atom. The first-order valence-corrected chi connectivity index (χ1v) is 10.6. The lowest BCUT2D eigenvalue weighted by Gasteiger charge is -2.28. The smallest absolute Gasteiger partial charge is 0.277 e. The van der Waals surface area contributed by atoms with E-state index >= 15 is 0 Å². The van der Waals surface area contributed by atoms with Crippen molar-refractivity contribution in [2.45, 2.75) is 19.8 Å². The molecule has 0 atom stereocenters. The number of ether oxygens (including phenoxy) is 1. The lowest BCUT2D eigenvalue weighted by atomic mass is 10.1. The molecule has 1 aliphatic rings. The van der Waals surface area contributed by atoms with Gasteiger partial charge in [-0.3, -0.25) is 9.59 Å². The summed E-state index contributed by atoms with van der Waals surface area (Å²) < 4.78 is 7.26. The third-order valence-corrected chi connectivity index (χ3v) is 5.83. The standard InChI is InChI=1S/C24H23N5O3/c1-15-21-22(29(27-15)16-6-4-3-5-7-16)24(31)26-23(25-21)19-9-8-17(14-20(19)32-2)28-12-10-18(30)11-13-28/h3-9,14H,10-13H2,1-2H3,(H,25,26,31). The van der Waals surface area contributed by atoms with Crippen molar-refractivity contribution < 1.29 is 9.53 Å². The Labute approximate surface area is 184 Å². The summed E-state index contributed by atoms with van der Waals surface area (Å²) in [5, 5.41) is 4.55. The van der Waals surface area contributed by atoms with Crippen molar-refractivity contribution in [2.24, 2.45) is 0 Å². The topological polar surface area (TPSA) is 93.1 Å². The van der Waals surface area contributed by atoms with Gasteiger partial charge in [0.2, 0.25) is 0 Å². The molecule has 0 amide bonds. The van der Waals surface area contributed by atoms with Gasteiger partial charge >= 0.3 is 0 Å². The van der Waals surface area contributed by atoms with Gasteiger partial charge in [-0.1, -0.05) is 18.2 Å². The molecule has 0 aliphatic carbocycles. The maximum atomic E-state index is 13.1. The van der Waals surface area contributed by atoms with Crippen molar-refractivity contribution in [3.63, 3.8) is 0 Å². The largest absolute Gasteiger partial charge is 0.496 e. The van der Waals surface area contributed by atoms with Crippen LogP contribution in [0.3, 0.4) is 0 Å². The Morgan fingerprint density at radius 1 is 1.00 bits per heavy atom. The molecule has 3 heterocycles. The van der Waals surface area contributed by atoms with Gasteiger partial charge in [-0.2, -0.15) is 5.10 Å². The zero-order valence-electron chi connectivity index (χ0n) is 18.0. The number of aromatic nitrogens is 4. The number of para-hydroxylation sites is 1. The molecule has 0 radical (unpaired) electrons. The number of carbonyl (C=O) groups excluding carboxylic acids is 1. The number of Topliss-reactive ketones (excluding diaryl/α,β-unsaturated/α-hetero) is 1. The molecule has 8 heteroatoms. The van der Waals surface area contributed by atoms with Crippen molar-refractivity contribution in [3.05, 3.63) is 64.6 Å². The summed E-state index contributed by atoms with van der Waals surface area (Å²) in [5.74, 6) is 1.33. The zero-order chi connectivity index (χ0) is 22.2. The second-order valence-electron chi connectivity index (χ2n) is 7.85. The summed E-state index contributed by atoms with van der Waals surface area (Å²) in [6, 6.07) is 15.3. The number of ketones is 1. The number of nitrogens with zero attached hydrogens (tertiary/aromatic N) is 4. The van der Waals surface area contributed by atoms with Gasteiger partial charge in [0.05, 0.1) is 24.1 Å². The molecule has 1 aliphatic heterocycles. The molecule has 162 valence electrons. The quantitative estimate of drug-likeness (QED) is 0.535. The Hall–Kier alpha value is -3.94. The molecule has 1 saturated heterocycles. The fourth-order valence-electron chi connectivity index (χ4n) is 4.13. The van der Waals surface area contributed by atoms with Crippen LogP contribution in [0.2, 0.25) is 0 Å². The van der Waals surface area contributed by atoms with E-state index in [2.05, 4.69) is 15.0 Å². The van der Waals surface area contributed by atoms with Crippen LogP contribution in [0.1, 0.15) is 18.5 Å². The number of benzene rings is 2. The zero-order valence-corrected chi connectivity index (χ0v) is 18.0. The molecular formula is C24H23N5O3. The van der Waals surface area contributed by atoms with E-state index in [1.165, 1.54) is 0 Å². The molecule has 2 aromatic carbocycles. The van der Waals surface area contributed by atoms with E-state index < -0.39 is 0 Å². The van der Waals surface area contributed by atoms with Crippen LogP contribution in [0.5, 0.6) is 5.75 Å². The lowest BCUT2D eigenvalue weighted by Crippen LogP contribution is -2.33. The van der Waals surface area contributed by atoms with Crippen molar-refractivity contribution >= 4 is 22.5 Å². The first-order valence-electron chi connectivity index (χ1n) is 10.6. The first kappa shape index (κ1) is 20.0. The third-order valence-electron chi connectivity index (χ3n) is 5.83. The summed E-state index contributed by atoms with van der Waals surface area (Å²) in [7, 11) is 1.59. The van der Waals surface area contributed by atoms with Crippen LogP contribution in [0.4, 0.5) is 5.69 Å². The summed E-state index contributed by atoms with van der Waals surface area (Å²) in [4.78, 5) is 34.5. The van der Waals surface area contributed by atoms with Gasteiger partial charge in [0, 0.05) is 37.7 Å². The number of H-pyrrole nitrogens is 1. The molecule has 2 aromatic heterocycles. The molecule has 32 heavy (non-hydrogen) atoms. The predicted octanol–water partition coefficient (Wildman–Crippen LogP) is 3.26. The van der Waals surface area contributed by atoms with Gasteiger partial charge in [-0.25, -0.2) is 9.67 Å². The lowest BCUT2D eigenvalue weighted by molar-refractivity contribution is -0.119. The molecule has 0 spiro atoms. The Kier molecular flexibility index (Phi) is 4.97. The van der Waals surface area contributed by atoms with Gasteiger partial charge in [0.25, 0.3) is 5.56 Å². The van der Waals surface area contributed by atoms with E-state index in [4.69, 9.17) is 9.72 Å². The Balaban J connectivity index is 1.58. The van der Waals surface area contributed by atoms with E-state index in [9.17, 15) is 9.59 Å². The van der Waals surface area contributed by atoms with Gasteiger partial charge in [-0.15, -0.1) is 0 Å². The number of hydrogen-bond donors (Lipinski definition) is 1. The Morgan fingerprint density at radius 3 is 2.47 bits per heavy atom. The number of aromatic amines is 1. The van der Waals surface area contributed by atoms with Crippen LogP contribution in [0, 0.1) is 6.92 Å². The number of nitrogens with one attached hydrogen (secondary N) is 1. The molecule has 5 rings (SSSR count). The monoisotopic (exact) mass is 429 g/mol. The SMILES string of the molecule is COc1cc(N2CCC(=O)CC2)ccc1-c1nc2c(C)nn(-c3ccccc3)c2c(=O)[nH]1. The average molecular weight is 429 g/mol. The van der Waals surface area contributed by atoms with Crippen LogP contribution in [-0.2, 0) is 4.79 Å². The second-order valence-corrected chi connectivity index (χ2v) is 7.85. The number of methoxy groups -OCH3 is 1. The molecule has 0 bridgehead atoms. The van der Waals surface area contributed by atoms with Crippen LogP contribution in [0.25, 0.3) is 28.1 Å². The number of carbonyl (C=O) groups is 1. The van der Waals surface area contributed by atoms with Crippen LogP contribution in [-0.4, -0.2) is 45.7 Å². The highest BCUT2D eigenvalue weighted by atomic mass is 16.5. The summed E-state index contributed by atoms with van der Waals surface area (Å²) in [5.41, 5.74) is 3.83. The second kappa shape index (κ2) is 7.96. The van der Waals surface area contributed by atoms with Crippen LogP contribution >= 0.6 is 0 Å². The molecule has 0 unspecified atom stereocenters. The third kappa shape index (κ3) is 3.43. The van der Waals surface area contributed by atoms with Gasteiger partial charge in [0.15, 0.2) is 5.52 Å². The fourth-order valence-corrected chi connectivity index (χ4v) is 4.13. The Bertz CT molecular complexity index is 1360. The highest BCUT2D eigenvalue weighted by Crippen LogP contribution is 2.33. The van der Waals surface area contributed by atoms with Gasteiger partial charge in [-0.05, 0) is 31.2 Å². The van der Waals surface area contributed by atoms with Crippen molar-refractivity contribution in [2.75, 3.05) is 25.1 Å². The maximum absolute atomic E-state index is 13.1. The minimum absolute atomic E-state index is 0.268. The predicted molar refractivity (Wildman–Crippen MR) is 123 cm³/mol. The van der Waals surface area contributed by atoms with Crippen molar-refractivity contribution in [1.29, 1.82) is 0 Å². The van der Waals surface area contributed by atoms with E-state index in [0.29, 0.717) is 65.6 Å². The van der Waals surface area contributed by atoms with E-state index in [0.717, 1.165) is 11.4 Å². The van der Waals surface area contributed by atoms with Crippen molar-refractivity contribution in [3.8, 4) is 22.8 Å². The molecule has 1 fully saturated rings. The van der Waals surface area contributed by atoms with Crippen LogP contribution in [0.15, 0.2) is 53.3 Å².